The minimum atomic E-state index is -0.831. The van der Waals surface area contributed by atoms with E-state index in [1.165, 1.54) is 0 Å². The van der Waals surface area contributed by atoms with Crippen LogP contribution in [0.5, 0.6) is 0 Å². The summed E-state index contributed by atoms with van der Waals surface area (Å²) in [6.45, 7) is 2.11. The van der Waals surface area contributed by atoms with Gasteiger partial charge in [-0.2, -0.15) is 0 Å². The molecular formula is C9H18N2O6. The Labute approximate surface area is 99.1 Å². The van der Waals surface area contributed by atoms with Crippen molar-refractivity contribution in [1.82, 2.24) is 0 Å². The Balaban J connectivity index is 3.22. The van der Waals surface area contributed by atoms with Crippen LogP contribution in [0.3, 0.4) is 0 Å². The average molecular weight is 250 g/mol. The number of hydrogen-bond donors (Lipinski definition) is 1. The molecule has 0 radical (unpaired) electrons. The van der Waals surface area contributed by atoms with Crippen molar-refractivity contribution in [3.8, 4) is 0 Å². The summed E-state index contributed by atoms with van der Waals surface area (Å²) in [6, 6.07) is -0.221. The fourth-order valence-electron chi connectivity index (χ4n) is 0.917. The molecule has 1 atom stereocenters. The zero-order chi connectivity index (χ0) is 13.1. The molecule has 8 nitrogen and oxygen atoms in total. The third kappa shape index (κ3) is 12.4. The highest BCUT2D eigenvalue weighted by Gasteiger charge is 2.04. The normalized spacial score (nSPS) is 11.6. The minimum Gasteiger partial charge on any atom is -0.434 e. The molecule has 0 aliphatic rings. The van der Waals surface area contributed by atoms with Crippen molar-refractivity contribution in [2.24, 2.45) is 5.73 Å². The molecule has 1 unspecified atom stereocenters. The number of nitrogens with two attached hydrogens (primary N) is 1. The van der Waals surface area contributed by atoms with Crippen LogP contribution in [0.25, 0.3) is 0 Å². The third-order valence-corrected chi connectivity index (χ3v) is 1.67. The average Bonchev–Trinajstić information content (AvgIpc) is 2.24. The van der Waals surface area contributed by atoms with E-state index in [1.54, 1.807) is 6.92 Å². The van der Waals surface area contributed by atoms with Gasteiger partial charge in [0.05, 0.1) is 13.2 Å². The Morgan fingerprint density at radius 2 is 1.94 bits per heavy atom. The van der Waals surface area contributed by atoms with Crippen LogP contribution >= 0.6 is 0 Å². The summed E-state index contributed by atoms with van der Waals surface area (Å²) in [5, 5.41) is 8.96. The lowest BCUT2D eigenvalue weighted by Gasteiger charge is -2.07. The molecule has 0 fully saturated rings. The molecule has 0 aliphatic carbocycles. The van der Waals surface area contributed by atoms with Crippen LogP contribution in [0.15, 0.2) is 0 Å². The van der Waals surface area contributed by atoms with Gasteiger partial charge < -0.3 is 20.0 Å². The Morgan fingerprint density at radius 3 is 2.53 bits per heavy atom. The highest BCUT2D eigenvalue weighted by molar-refractivity contribution is 5.59. The lowest BCUT2D eigenvalue weighted by Crippen LogP contribution is -2.24. The SMILES string of the molecule is CC(N)COC(=O)OCCCCCO[N+](=O)[O-]. The highest BCUT2D eigenvalue weighted by atomic mass is 16.9. The Kier molecular flexibility index (Phi) is 8.75. The Morgan fingerprint density at radius 1 is 1.29 bits per heavy atom. The van der Waals surface area contributed by atoms with Crippen molar-refractivity contribution in [2.75, 3.05) is 19.8 Å². The van der Waals surface area contributed by atoms with E-state index in [0.717, 1.165) is 0 Å². The van der Waals surface area contributed by atoms with Crippen LogP contribution < -0.4 is 5.73 Å². The standard InChI is InChI=1S/C9H18N2O6/c1-8(10)7-16-9(12)15-5-3-2-4-6-17-11(13)14/h8H,2-7,10H2,1H3. The van der Waals surface area contributed by atoms with Crippen LogP contribution in [-0.2, 0) is 14.3 Å². The van der Waals surface area contributed by atoms with E-state index in [0.29, 0.717) is 19.3 Å². The summed E-state index contributed by atoms with van der Waals surface area (Å²) in [5.41, 5.74) is 5.37. The van der Waals surface area contributed by atoms with Crippen molar-refractivity contribution in [3.63, 3.8) is 0 Å². The van der Waals surface area contributed by atoms with Gasteiger partial charge in [0, 0.05) is 6.04 Å². The van der Waals surface area contributed by atoms with Gasteiger partial charge in [-0.15, -0.1) is 10.1 Å². The second kappa shape index (κ2) is 9.64. The number of nitrogens with zero attached hydrogens (tertiary/aromatic N) is 1. The second-order valence-corrected chi connectivity index (χ2v) is 3.50. The molecule has 8 heteroatoms. The summed E-state index contributed by atoms with van der Waals surface area (Å²) < 4.78 is 9.39. The van der Waals surface area contributed by atoms with Gasteiger partial charge in [-0.3, -0.25) is 0 Å². The number of unbranched alkanes of at least 4 members (excludes halogenated alkanes) is 2. The van der Waals surface area contributed by atoms with Gasteiger partial charge in [-0.25, -0.2) is 4.79 Å². The first kappa shape index (κ1) is 15.4. The fourth-order valence-corrected chi connectivity index (χ4v) is 0.917. The maximum Gasteiger partial charge on any atom is 0.508 e. The minimum absolute atomic E-state index is 0.0577. The number of rotatable bonds is 9. The van der Waals surface area contributed by atoms with Crippen molar-refractivity contribution < 1.29 is 24.2 Å². The van der Waals surface area contributed by atoms with Crippen molar-refractivity contribution >= 4 is 6.16 Å². The maximum absolute atomic E-state index is 10.9. The summed E-state index contributed by atoms with van der Waals surface area (Å²) in [5.74, 6) is 0. The molecule has 0 heterocycles. The van der Waals surface area contributed by atoms with E-state index >= 15 is 0 Å². The molecule has 0 aromatic rings. The number of carbonyl (C=O) groups excluding carboxylic acids is 1. The first-order chi connectivity index (χ1) is 8.02. The summed E-state index contributed by atoms with van der Waals surface area (Å²) >= 11 is 0. The van der Waals surface area contributed by atoms with Crippen LogP contribution in [0, 0.1) is 10.1 Å². The Bertz CT molecular complexity index is 234. The smallest absolute Gasteiger partial charge is 0.434 e. The van der Waals surface area contributed by atoms with E-state index in [4.69, 9.17) is 10.5 Å². The molecule has 0 aliphatic heterocycles. The van der Waals surface area contributed by atoms with Crippen LogP contribution in [-0.4, -0.2) is 37.1 Å². The number of ether oxygens (including phenoxy) is 2. The zero-order valence-corrected chi connectivity index (χ0v) is 9.79. The summed E-state index contributed by atoms with van der Waals surface area (Å²) in [4.78, 5) is 24.8. The molecule has 0 spiro atoms. The highest BCUT2D eigenvalue weighted by Crippen LogP contribution is 1.98. The van der Waals surface area contributed by atoms with Crippen LogP contribution in [0.4, 0.5) is 4.79 Å². The lowest BCUT2D eigenvalue weighted by atomic mass is 10.2. The van der Waals surface area contributed by atoms with E-state index in [2.05, 4.69) is 9.57 Å². The molecular weight excluding hydrogens is 232 g/mol. The lowest BCUT2D eigenvalue weighted by molar-refractivity contribution is -0.757. The quantitative estimate of drug-likeness (QED) is 0.279. The fraction of sp³-hybridized carbons (Fsp3) is 0.889. The molecule has 0 aromatic carbocycles. The van der Waals surface area contributed by atoms with Gasteiger partial charge in [-0.1, -0.05) is 0 Å². The van der Waals surface area contributed by atoms with Crippen molar-refractivity contribution in [3.05, 3.63) is 10.1 Å². The molecule has 0 rings (SSSR count). The predicted octanol–water partition coefficient (Wildman–Crippen LogP) is 0.865. The topological polar surface area (TPSA) is 114 Å². The molecule has 0 bridgehead atoms. The predicted molar refractivity (Wildman–Crippen MR) is 57.7 cm³/mol. The molecule has 0 saturated carbocycles. The van der Waals surface area contributed by atoms with Crippen molar-refractivity contribution in [1.29, 1.82) is 0 Å². The van der Waals surface area contributed by atoms with Gasteiger partial charge in [0.15, 0.2) is 0 Å². The second-order valence-electron chi connectivity index (χ2n) is 3.50. The molecule has 0 saturated heterocycles. The van der Waals surface area contributed by atoms with Crippen LogP contribution in [0.2, 0.25) is 0 Å². The molecule has 0 amide bonds. The molecule has 100 valence electrons. The first-order valence-electron chi connectivity index (χ1n) is 5.35. The molecule has 2 N–H and O–H groups in total. The number of carbonyl (C=O) groups is 1. The monoisotopic (exact) mass is 250 g/mol. The number of hydrogen-bond acceptors (Lipinski definition) is 7. The van der Waals surface area contributed by atoms with E-state index in [9.17, 15) is 14.9 Å². The zero-order valence-electron chi connectivity index (χ0n) is 9.79. The van der Waals surface area contributed by atoms with Gasteiger partial charge >= 0.3 is 6.16 Å². The van der Waals surface area contributed by atoms with Crippen molar-refractivity contribution in [2.45, 2.75) is 32.2 Å². The van der Waals surface area contributed by atoms with Gasteiger partial charge in [0.1, 0.15) is 6.61 Å². The van der Waals surface area contributed by atoms with E-state index in [1.807, 2.05) is 0 Å². The van der Waals surface area contributed by atoms with E-state index in [-0.39, 0.29) is 25.9 Å². The van der Waals surface area contributed by atoms with Gasteiger partial charge in [-0.05, 0) is 26.2 Å². The first-order valence-corrected chi connectivity index (χ1v) is 5.35. The van der Waals surface area contributed by atoms with Gasteiger partial charge in [0.2, 0.25) is 0 Å². The van der Waals surface area contributed by atoms with Gasteiger partial charge in [0.25, 0.3) is 5.09 Å². The summed E-state index contributed by atoms with van der Waals surface area (Å²) in [7, 11) is 0. The van der Waals surface area contributed by atoms with Crippen LogP contribution in [0.1, 0.15) is 26.2 Å². The summed E-state index contributed by atoms with van der Waals surface area (Å²) in [6.07, 6.45) is 1.07. The largest absolute Gasteiger partial charge is 0.508 e. The molecule has 0 aromatic heterocycles. The third-order valence-electron chi connectivity index (χ3n) is 1.67. The maximum atomic E-state index is 10.9. The molecule has 17 heavy (non-hydrogen) atoms. The van der Waals surface area contributed by atoms with E-state index < -0.39 is 11.2 Å². The Hall–Kier alpha value is -1.57.